The van der Waals surface area contributed by atoms with Crippen LogP contribution in [0.1, 0.15) is 68.7 Å². The van der Waals surface area contributed by atoms with E-state index in [1.54, 1.807) is 0 Å². The lowest BCUT2D eigenvalue weighted by molar-refractivity contribution is -0.114. The summed E-state index contributed by atoms with van der Waals surface area (Å²) in [4.78, 5) is 22.6. The molecule has 4 aromatic rings. The third kappa shape index (κ3) is 13.0. The molecular weight excluding hydrogens is 815 g/mol. The summed E-state index contributed by atoms with van der Waals surface area (Å²) in [7, 11) is 0. The molecule has 2 unspecified atom stereocenters. The summed E-state index contributed by atoms with van der Waals surface area (Å²) in [6.07, 6.45) is 1.57. The second-order valence-corrected chi connectivity index (χ2v) is 14.8. The smallest absolute Gasteiger partial charge is 0.224 e. The van der Waals surface area contributed by atoms with Crippen LogP contribution in [0.2, 0.25) is 0 Å². The average Bonchev–Trinajstić information content (AvgIpc) is 3.29. The second kappa shape index (κ2) is 19.9. The zero-order valence-corrected chi connectivity index (χ0v) is 33.3. The maximum absolute atomic E-state index is 11.7. The van der Waals surface area contributed by atoms with Crippen LogP contribution in [0.3, 0.4) is 0 Å². The molecule has 246 valence electrons. The molecular formula is C38H41Br3Cl2O3. The van der Waals surface area contributed by atoms with Crippen molar-refractivity contribution >= 4 is 82.0 Å². The number of fused-ring (bicyclic) bond motifs is 1. The SMILES string of the molecule is Cc1cc(Br)c2c(c1)C(=O)C(C)C2.Cc1ccc(CC(C)C(=O)Cl)c(Br)c1.Cc1ccc(CCl)c(Br)c1.Cc1ccc(CO)cc1. The minimum absolute atomic E-state index is 0.129. The quantitative estimate of drug-likeness (QED) is 0.161. The van der Waals surface area contributed by atoms with E-state index in [1.807, 2.05) is 89.2 Å². The first-order valence-electron chi connectivity index (χ1n) is 14.9. The molecule has 0 amide bonds. The van der Waals surface area contributed by atoms with Crippen LogP contribution in [0.4, 0.5) is 0 Å². The number of aryl methyl sites for hydroxylation is 4. The van der Waals surface area contributed by atoms with Gasteiger partial charge in [-0.1, -0.05) is 116 Å². The maximum atomic E-state index is 11.7. The van der Waals surface area contributed by atoms with Crippen molar-refractivity contribution in [3.8, 4) is 0 Å². The number of carbonyl (C=O) groups excluding carboxylic acids is 2. The molecule has 0 saturated carbocycles. The Hall–Kier alpha value is -1.80. The zero-order chi connectivity index (χ0) is 34.6. The van der Waals surface area contributed by atoms with E-state index in [1.165, 1.54) is 22.3 Å². The van der Waals surface area contributed by atoms with Gasteiger partial charge in [-0.15, -0.1) is 11.6 Å². The molecule has 0 heterocycles. The minimum atomic E-state index is -0.280. The summed E-state index contributed by atoms with van der Waals surface area (Å²) in [5, 5.41) is 8.35. The van der Waals surface area contributed by atoms with Gasteiger partial charge < -0.3 is 5.11 Å². The van der Waals surface area contributed by atoms with Gasteiger partial charge >= 0.3 is 0 Å². The van der Waals surface area contributed by atoms with E-state index in [0.29, 0.717) is 18.1 Å². The fourth-order valence-electron chi connectivity index (χ4n) is 4.55. The van der Waals surface area contributed by atoms with E-state index in [-0.39, 0.29) is 23.7 Å². The summed E-state index contributed by atoms with van der Waals surface area (Å²) in [5.74, 6) is 0.893. The van der Waals surface area contributed by atoms with Crippen molar-refractivity contribution in [2.24, 2.45) is 11.8 Å². The number of aliphatic hydroxyl groups excluding tert-OH is 1. The van der Waals surface area contributed by atoms with E-state index >= 15 is 0 Å². The Balaban J connectivity index is 0.000000217. The summed E-state index contributed by atoms with van der Waals surface area (Å²) in [6, 6.07) is 24.2. The number of hydrogen-bond donors (Lipinski definition) is 1. The highest BCUT2D eigenvalue weighted by Gasteiger charge is 2.28. The highest BCUT2D eigenvalue weighted by molar-refractivity contribution is 9.11. The molecule has 1 aliphatic rings. The number of aliphatic hydroxyl groups is 1. The number of rotatable bonds is 5. The van der Waals surface area contributed by atoms with Gasteiger partial charge in [-0.25, -0.2) is 0 Å². The number of carbonyl (C=O) groups is 2. The highest BCUT2D eigenvalue weighted by Crippen LogP contribution is 2.33. The Morgan fingerprint density at radius 2 is 1.30 bits per heavy atom. The van der Waals surface area contributed by atoms with Gasteiger partial charge in [-0.3, -0.25) is 9.59 Å². The molecule has 5 rings (SSSR count). The first-order chi connectivity index (χ1) is 21.7. The van der Waals surface area contributed by atoms with Crippen LogP contribution < -0.4 is 0 Å². The van der Waals surface area contributed by atoms with Gasteiger partial charge in [0.25, 0.3) is 0 Å². The molecule has 0 spiro atoms. The predicted octanol–water partition coefficient (Wildman–Crippen LogP) is 11.8. The number of hydrogen-bond acceptors (Lipinski definition) is 3. The van der Waals surface area contributed by atoms with Crippen molar-refractivity contribution in [1.82, 2.24) is 0 Å². The summed E-state index contributed by atoms with van der Waals surface area (Å²) in [6.45, 7) is 12.1. The van der Waals surface area contributed by atoms with Crippen LogP contribution in [0.25, 0.3) is 0 Å². The summed E-state index contributed by atoms with van der Waals surface area (Å²) in [5.41, 5.74) is 10.2. The van der Waals surface area contributed by atoms with Crippen molar-refractivity contribution in [2.45, 2.75) is 66.9 Å². The Bertz CT molecular complexity index is 1620. The Labute approximate surface area is 309 Å². The number of benzene rings is 4. The van der Waals surface area contributed by atoms with Crippen LogP contribution in [-0.4, -0.2) is 16.1 Å². The van der Waals surface area contributed by atoms with E-state index in [0.717, 1.165) is 47.7 Å². The monoisotopic (exact) mass is 852 g/mol. The summed E-state index contributed by atoms with van der Waals surface area (Å²) >= 11 is 21.5. The van der Waals surface area contributed by atoms with Crippen LogP contribution >= 0.6 is 71.0 Å². The van der Waals surface area contributed by atoms with Crippen molar-refractivity contribution in [2.75, 3.05) is 0 Å². The molecule has 0 radical (unpaired) electrons. The van der Waals surface area contributed by atoms with Gasteiger partial charge in [0.2, 0.25) is 5.24 Å². The number of alkyl halides is 1. The first kappa shape index (κ1) is 40.4. The van der Waals surface area contributed by atoms with Gasteiger partial charge in [0.1, 0.15) is 0 Å². The summed E-state index contributed by atoms with van der Waals surface area (Å²) < 4.78 is 3.23. The average molecular weight is 856 g/mol. The van der Waals surface area contributed by atoms with Crippen LogP contribution in [0.15, 0.2) is 86.2 Å². The third-order valence-electron chi connectivity index (χ3n) is 7.34. The van der Waals surface area contributed by atoms with Crippen molar-refractivity contribution in [3.05, 3.63) is 136 Å². The Morgan fingerprint density at radius 3 is 1.78 bits per heavy atom. The van der Waals surface area contributed by atoms with E-state index in [2.05, 4.69) is 72.9 Å². The van der Waals surface area contributed by atoms with Gasteiger partial charge in [0, 0.05) is 36.7 Å². The fraction of sp³-hybridized carbons (Fsp3) is 0.316. The van der Waals surface area contributed by atoms with Crippen molar-refractivity contribution in [3.63, 3.8) is 0 Å². The van der Waals surface area contributed by atoms with Crippen molar-refractivity contribution < 1.29 is 14.7 Å². The van der Waals surface area contributed by atoms with Gasteiger partial charge in [0.15, 0.2) is 5.78 Å². The van der Waals surface area contributed by atoms with E-state index < -0.39 is 0 Å². The van der Waals surface area contributed by atoms with Gasteiger partial charge in [-0.2, -0.15) is 0 Å². The molecule has 8 heteroatoms. The second-order valence-electron chi connectivity index (χ2n) is 11.6. The number of ketones is 1. The Morgan fingerprint density at radius 1 is 0.804 bits per heavy atom. The lowest BCUT2D eigenvalue weighted by Gasteiger charge is -2.08. The molecule has 0 fully saturated rings. The molecule has 0 aromatic heterocycles. The first-order valence-corrected chi connectivity index (χ1v) is 18.2. The minimum Gasteiger partial charge on any atom is -0.392 e. The maximum Gasteiger partial charge on any atom is 0.224 e. The van der Waals surface area contributed by atoms with Gasteiger partial charge in [-0.05, 0) is 115 Å². The van der Waals surface area contributed by atoms with Gasteiger partial charge in [0.05, 0.1) is 6.61 Å². The van der Waals surface area contributed by atoms with E-state index in [9.17, 15) is 9.59 Å². The van der Waals surface area contributed by atoms with Crippen LogP contribution in [0, 0.1) is 39.5 Å². The molecule has 1 N–H and O–H groups in total. The van der Waals surface area contributed by atoms with Crippen LogP contribution in [-0.2, 0) is 30.1 Å². The number of Topliss-reactive ketones (excluding diaryl/α,β-unsaturated/α-hetero) is 1. The lowest BCUT2D eigenvalue weighted by Crippen LogP contribution is -2.07. The van der Waals surface area contributed by atoms with Crippen LogP contribution in [0.5, 0.6) is 0 Å². The molecule has 46 heavy (non-hydrogen) atoms. The fourth-order valence-corrected chi connectivity index (χ4v) is 7.04. The van der Waals surface area contributed by atoms with E-state index in [4.69, 9.17) is 28.3 Å². The largest absolute Gasteiger partial charge is 0.392 e. The standard InChI is InChI=1S/C11H12BrClO.C11H11BrO.C8H8BrCl.C8H10O/c1-7-3-4-9(10(12)5-7)6-8(2)11(13)14;1-6-3-9-8(10(12)4-6)5-7(2)11(9)13;1-6-2-3-7(5-10)8(9)4-6;1-7-2-4-8(6-9)5-3-7/h3-5,8H,6H2,1-2H3;3-4,7H,5H2,1-2H3;2-4H,5H2,1H3;2-5,9H,6H2,1H3. The molecule has 3 nitrogen and oxygen atoms in total. The molecule has 4 aromatic carbocycles. The molecule has 0 aliphatic heterocycles. The zero-order valence-electron chi connectivity index (χ0n) is 27.1. The molecule has 0 bridgehead atoms. The number of halogens is 5. The molecule has 1 aliphatic carbocycles. The third-order valence-corrected chi connectivity index (χ3v) is 10.2. The highest BCUT2D eigenvalue weighted by atomic mass is 79.9. The normalized spacial score (nSPS) is 13.7. The van der Waals surface area contributed by atoms with Crippen molar-refractivity contribution in [1.29, 1.82) is 0 Å². The Kier molecular flexibility index (Phi) is 17.5. The topological polar surface area (TPSA) is 54.4 Å². The lowest BCUT2D eigenvalue weighted by atomic mass is 10.0. The molecule has 0 saturated heterocycles. The predicted molar refractivity (Wildman–Crippen MR) is 204 cm³/mol. The molecule has 2 atom stereocenters.